The summed E-state index contributed by atoms with van der Waals surface area (Å²) in [6, 6.07) is 0. The number of imidazole rings is 1. The highest BCUT2D eigenvalue weighted by Crippen LogP contribution is 2.34. The largest absolute Gasteiger partial charge is 0.328 e. The van der Waals surface area contributed by atoms with Crippen molar-refractivity contribution in [2.75, 3.05) is 0 Å². The molecule has 1 aliphatic rings. The smallest absolute Gasteiger partial charge is 0.214 e. The number of fused-ring (bicyclic) bond motifs is 2. The summed E-state index contributed by atoms with van der Waals surface area (Å²) in [6.45, 7) is 9.63. The molecule has 0 unspecified atom stereocenters. The van der Waals surface area contributed by atoms with Crippen molar-refractivity contribution in [1.29, 1.82) is 0 Å². The number of carbonyl (C=O) groups excluding carboxylic acids is 2. The Labute approximate surface area is 123 Å². The number of hydrogen-bond donors (Lipinski definition) is 0. The van der Waals surface area contributed by atoms with Crippen LogP contribution in [0.1, 0.15) is 60.2 Å². The molecule has 1 aromatic heterocycles. The van der Waals surface area contributed by atoms with E-state index in [1.54, 1.807) is 18.5 Å². The first kappa shape index (κ1) is 13.7. The van der Waals surface area contributed by atoms with Crippen molar-refractivity contribution in [2.45, 2.75) is 34.6 Å². The molecular weight excluding hydrogens is 264 g/mol. The molecule has 108 valence electrons. The van der Waals surface area contributed by atoms with Crippen molar-refractivity contribution < 1.29 is 9.59 Å². The first-order chi connectivity index (χ1) is 9.77. The average Bonchev–Trinajstić information content (AvgIpc) is 2.74. The molecule has 1 heterocycles. The van der Waals surface area contributed by atoms with Gasteiger partial charge in [-0.05, 0) is 56.9 Å². The minimum absolute atomic E-state index is 0.0913. The topological polar surface area (TPSA) is 52.0 Å². The lowest BCUT2D eigenvalue weighted by atomic mass is 9.80. The number of aromatic nitrogens is 2. The number of carbonyl (C=O) groups is 2. The molecular formula is C17H18N2O2. The molecule has 0 N–H and O–H groups in total. The Kier molecular flexibility index (Phi) is 2.70. The summed E-state index contributed by atoms with van der Waals surface area (Å²) < 4.78 is 1.71. The summed E-state index contributed by atoms with van der Waals surface area (Å²) in [7, 11) is 1.78. The first-order valence-electron chi connectivity index (χ1n) is 7.00. The quantitative estimate of drug-likeness (QED) is 0.637. The highest BCUT2D eigenvalue weighted by molar-refractivity contribution is 6.28. The maximum atomic E-state index is 12.9. The Morgan fingerprint density at radius 2 is 1.24 bits per heavy atom. The van der Waals surface area contributed by atoms with Crippen molar-refractivity contribution >= 4 is 11.6 Å². The second-order valence-electron chi connectivity index (χ2n) is 5.82. The van der Waals surface area contributed by atoms with Crippen LogP contribution in [0.15, 0.2) is 0 Å². The van der Waals surface area contributed by atoms with E-state index in [0.29, 0.717) is 28.3 Å². The zero-order valence-electron chi connectivity index (χ0n) is 13.2. The molecule has 0 atom stereocenters. The van der Waals surface area contributed by atoms with Crippen LogP contribution in [0.4, 0.5) is 0 Å². The van der Waals surface area contributed by atoms with Crippen molar-refractivity contribution in [3.05, 3.63) is 50.6 Å². The Morgan fingerprint density at radius 1 is 0.762 bits per heavy atom. The van der Waals surface area contributed by atoms with E-state index in [-0.39, 0.29) is 11.6 Å². The van der Waals surface area contributed by atoms with E-state index in [1.165, 1.54) is 0 Å². The van der Waals surface area contributed by atoms with Gasteiger partial charge in [0.15, 0.2) is 0 Å². The van der Waals surface area contributed by atoms with E-state index in [1.807, 2.05) is 27.7 Å². The first-order valence-corrected chi connectivity index (χ1v) is 7.00. The van der Waals surface area contributed by atoms with E-state index < -0.39 is 0 Å². The summed E-state index contributed by atoms with van der Waals surface area (Å²) in [6.07, 6.45) is 0. The van der Waals surface area contributed by atoms with Crippen LogP contribution in [0.3, 0.4) is 0 Å². The summed E-state index contributed by atoms with van der Waals surface area (Å²) in [4.78, 5) is 30.0. The molecule has 3 rings (SSSR count). The Hall–Kier alpha value is -2.23. The number of hydrogen-bond acceptors (Lipinski definition) is 3. The molecule has 2 aromatic rings. The predicted molar refractivity (Wildman–Crippen MR) is 80.2 cm³/mol. The van der Waals surface area contributed by atoms with Gasteiger partial charge in [-0.15, -0.1) is 0 Å². The molecule has 0 saturated carbocycles. The number of rotatable bonds is 0. The fourth-order valence-corrected chi connectivity index (χ4v) is 3.15. The van der Waals surface area contributed by atoms with Crippen LogP contribution in [0.5, 0.6) is 0 Å². The molecule has 0 amide bonds. The molecule has 4 nitrogen and oxygen atoms in total. The molecule has 0 bridgehead atoms. The predicted octanol–water partition coefficient (Wildman–Crippen LogP) is 2.74. The van der Waals surface area contributed by atoms with Gasteiger partial charge < -0.3 is 4.57 Å². The third kappa shape index (κ3) is 1.53. The second-order valence-corrected chi connectivity index (χ2v) is 5.82. The van der Waals surface area contributed by atoms with E-state index in [4.69, 9.17) is 0 Å². The van der Waals surface area contributed by atoms with Gasteiger partial charge in [0.05, 0.1) is 0 Å². The zero-order valence-corrected chi connectivity index (χ0v) is 13.2. The van der Waals surface area contributed by atoms with Crippen molar-refractivity contribution in [1.82, 2.24) is 9.55 Å². The summed E-state index contributed by atoms with van der Waals surface area (Å²) >= 11 is 0. The molecule has 21 heavy (non-hydrogen) atoms. The molecule has 1 aliphatic carbocycles. The minimum Gasteiger partial charge on any atom is -0.328 e. The van der Waals surface area contributed by atoms with Crippen molar-refractivity contribution in [2.24, 2.45) is 7.05 Å². The van der Waals surface area contributed by atoms with Crippen molar-refractivity contribution in [3.8, 4) is 0 Å². The van der Waals surface area contributed by atoms with Crippen LogP contribution in [0.2, 0.25) is 0 Å². The molecule has 0 saturated heterocycles. The Bertz CT molecular complexity index is 841. The minimum atomic E-state index is -0.132. The maximum Gasteiger partial charge on any atom is 0.214 e. The normalized spacial score (nSPS) is 13.4. The molecule has 0 spiro atoms. The maximum absolute atomic E-state index is 12.9. The lowest BCUT2D eigenvalue weighted by Gasteiger charge is -2.22. The van der Waals surface area contributed by atoms with E-state index in [0.717, 1.165) is 22.3 Å². The number of nitrogens with zero attached hydrogens (tertiary/aromatic N) is 2. The van der Waals surface area contributed by atoms with Crippen molar-refractivity contribution in [3.63, 3.8) is 0 Å². The SMILES string of the molecule is Cc1c(C)c(C)c2c(c1C)C(=O)c1nc(C)n(C)c1C2=O. The zero-order chi connectivity index (χ0) is 15.6. The van der Waals surface area contributed by atoms with Gasteiger partial charge in [0.25, 0.3) is 0 Å². The molecule has 0 radical (unpaired) electrons. The fraction of sp³-hybridized carbons (Fsp3) is 0.353. The number of aryl methyl sites for hydroxylation is 1. The number of ketones is 2. The van der Waals surface area contributed by atoms with Gasteiger partial charge in [0, 0.05) is 18.2 Å². The third-order valence-electron chi connectivity index (χ3n) is 4.89. The van der Waals surface area contributed by atoms with Crippen LogP contribution >= 0.6 is 0 Å². The molecule has 0 aliphatic heterocycles. The van der Waals surface area contributed by atoms with Gasteiger partial charge in [-0.25, -0.2) is 4.98 Å². The van der Waals surface area contributed by atoms with Crippen LogP contribution in [0, 0.1) is 34.6 Å². The van der Waals surface area contributed by atoms with E-state index >= 15 is 0 Å². The Balaban J connectivity index is 2.47. The van der Waals surface area contributed by atoms with Gasteiger partial charge in [-0.3, -0.25) is 9.59 Å². The lowest BCUT2D eigenvalue weighted by Crippen LogP contribution is -2.26. The highest BCUT2D eigenvalue weighted by Gasteiger charge is 2.37. The highest BCUT2D eigenvalue weighted by atomic mass is 16.1. The van der Waals surface area contributed by atoms with Gasteiger partial charge in [-0.2, -0.15) is 0 Å². The van der Waals surface area contributed by atoms with Crippen LogP contribution in [0.25, 0.3) is 0 Å². The standard InChI is InChI=1S/C17H18N2O2/c1-7-8(2)10(4)13-12(9(7)3)16(20)14-15(17(13)21)19(6)11(5)18-14/h1-6H3. The van der Waals surface area contributed by atoms with Crippen LogP contribution in [-0.4, -0.2) is 21.1 Å². The fourth-order valence-electron chi connectivity index (χ4n) is 3.15. The van der Waals surface area contributed by atoms with Crippen LogP contribution in [-0.2, 0) is 7.05 Å². The summed E-state index contributed by atoms with van der Waals surface area (Å²) in [5.74, 6) is 0.455. The van der Waals surface area contributed by atoms with E-state index in [9.17, 15) is 9.59 Å². The summed E-state index contributed by atoms with van der Waals surface area (Å²) in [5, 5.41) is 0. The summed E-state index contributed by atoms with van der Waals surface area (Å²) in [5.41, 5.74) is 5.73. The van der Waals surface area contributed by atoms with Crippen LogP contribution < -0.4 is 0 Å². The average molecular weight is 282 g/mol. The second kappa shape index (κ2) is 4.13. The number of benzene rings is 1. The Morgan fingerprint density at radius 3 is 1.76 bits per heavy atom. The van der Waals surface area contributed by atoms with Gasteiger partial charge in [-0.1, -0.05) is 0 Å². The lowest BCUT2D eigenvalue weighted by molar-refractivity contribution is 0.0970. The monoisotopic (exact) mass is 282 g/mol. The molecule has 0 fully saturated rings. The van der Waals surface area contributed by atoms with Gasteiger partial charge >= 0.3 is 0 Å². The molecule has 4 heteroatoms. The van der Waals surface area contributed by atoms with E-state index in [2.05, 4.69) is 4.98 Å². The molecule has 1 aromatic carbocycles. The third-order valence-corrected chi connectivity index (χ3v) is 4.89. The van der Waals surface area contributed by atoms with Gasteiger partial charge in [0.2, 0.25) is 11.6 Å². The van der Waals surface area contributed by atoms with Gasteiger partial charge in [0.1, 0.15) is 17.2 Å².